The molecule has 0 fully saturated rings. The van der Waals surface area contributed by atoms with Gasteiger partial charge in [-0.2, -0.15) is 0 Å². The third kappa shape index (κ3) is 1.22. The standard InChI is InChI=1S/C8H11/c1-8(2)6-4-3-5-7-8/h4-6H,7H2,1-2H3. The molecule has 0 aromatic carbocycles. The lowest BCUT2D eigenvalue weighted by Gasteiger charge is -2.18. The van der Waals surface area contributed by atoms with Gasteiger partial charge in [0.15, 0.2) is 0 Å². The van der Waals surface area contributed by atoms with E-state index in [1.54, 1.807) is 0 Å². The fourth-order valence-corrected chi connectivity index (χ4v) is 0.732. The van der Waals surface area contributed by atoms with Crippen molar-refractivity contribution in [3.8, 4) is 0 Å². The van der Waals surface area contributed by atoms with Crippen LogP contribution in [-0.2, 0) is 0 Å². The number of allylic oxidation sites excluding steroid dienone is 4. The maximum atomic E-state index is 3.03. The zero-order valence-corrected chi connectivity index (χ0v) is 5.44. The number of hydrogen-bond donors (Lipinski definition) is 0. The second-order valence-electron chi connectivity index (χ2n) is 2.90. The summed E-state index contributed by atoms with van der Waals surface area (Å²) in [6.07, 6.45) is 10.4. The van der Waals surface area contributed by atoms with E-state index in [1.165, 1.54) is 0 Å². The Labute approximate surface area is 50.9 Å². The van der Waals surface area contributed by atoms with Gasteiger partial charge in [0, 0.05) is 0 Å². The lowest BCUT2D eigenvalue weighted by Crippen LogP contribution is -2.06. The molecule has 0 heteroatoms. The Kier molecular flexibility index (Phi) is 1.24. The zero-order chi connectivity index (χ0) is 6.04. The summed E-state index contributed by atoms with van der Waals surface area (Å²) in [5.41, 5.74) is 0.380. The predicted molar refractivity (Wildman–Crippen MR) is 35.4 cm³/mol. The first-order valence-corrected chi connectivity index (χ1v) is 2.96. The van der Waals surface area contributed by atoms with E-state index in [9.17, 15) is 0 Å². The lowest BCUT2D eigenvalue weighted by molar-refractivity contribution is 0.483. The van der Waals surface area contributed by atoms with Crippen LogP contribution in [0.2, 0.25) is 0 Å². The van der Waals surface area contributed by atoms with E-state index in [0.717, 1.165) is 6.42 Å². The highest BCUT2D eigenvalue weighted by Crippen LogP contribution is 2.24. The smallest absolute Gasteiger partial charge is 0.0137 e. The summed E-state index contributed by atoms with van der Waals surface area (Å²) in [5, 5.41) is 0. The van der Waals surface area contributed by atoms with Crippen LogP contribution in [0.1, 0.15) is 20.3 Å². The predicted octanol–water partition coefficient (Wildman–Crippen LogP) is 2.33. The van der Waals surface area contributed by atoms with Crippen molar-refractivity contribution in [2.24, 2.45) is 5.41 Å². The molecule has 1 radical (unpaired) electrons. The molecule has 0 unspecified atom stereocenters. The highest BCUT2D eigenvalue weighted by molar-refractivity contribution is 5.09. The second-order valence-corrected chi connectivity index (χ2v) is 2.90. The van der Waals surface area contributed by atoms with Crippen molar-refractivity contribution in [1.29, 1.82) is 0 Å². The van der Waals surface area contributed by atoms with Gasteiger partial charge in [-0.15, -0.1) is 0 Å². The highest BCUT2D eigenvalue weighted by Gasteiger charge is 2.12. The first kappa shape index (κ1) is 5.61. The highest BCUT2D eigenvalue weighted by atomic mass is 14.2. The van der Waals surface area contributed by atoms with Crippen LogP contribution in [0.15, 0.2) is 18.2 Å². The average Bonchev–Trinajstić information content (AvgIpc) is 1.65. The van der Waals surface area contributed by atoms with Crippen LogP contribution in [0.25, 0.3) is 0 Å². The quantitative estimate of drug-likeness (QED) is 0.445. The molecule has 0 nitrogen and oxygen atoms in total. The fourth-order valence-electron chi connectivity index (χ4n) is 0.732. The molecule has 0 bridgehead atoms. The van der Waals surface area contributed by atoms with Crippen LogP contribution in [0.3, 0.4) is 0 Å². The van der Waals surface area contributed by atoms with E-state index in [1.807, 2.05) is 6.08 Å². The Balaban J connectivity index is 2.65. The lowest BCUT2D eigenvalue weighted by atomic mass is 9.86. The third-order valence-electron chi connectivity index (χ3n) is 1.38. The molecule has 0 amide bonds. The van der Waals surface area contributed by atoms with Crippen molar-refractivity contribution < 1.29 is 0 Å². The summed E-state index contributed by atoms with van der Waals surface area (Å²) >= 11 is 0. The summed E-state index contributed by atoms with van der Waals surface area (Å²) in [7, 11) is 0. The van der Waals surface area contributed by atoms with E-state index in [4.69, 9.17) is 0 Å². The summed E-state index contributed by atoms with van der Waals surface area (Å²) in [6, 6.07) is 0. The van der Waals surface area contributed by atoms with Gasteiger partial charge in [0.05, 0.1) is 0 Å². The fraction of sp³-hybridized carbons (Fsp3) is 0.500. The molecule has 0 aromatic heterocycles. The van der Waals surface area contributed by atoms with Gasteiger partial charge in [0.2, 0.25) is 0 Å². The van der Waals surface area contributed by atoms with Crippen LogP contribution in [0, 0.1) is 11.5 Å². The molecule has 0 spiro atoms. The van der Waals surface area contributed by atoms with Gasteiger partial charge < -0.3 is 0 Å². The Hall–Kier alpha value is -0.520. The van der Waals surface area contributed by atoms with Crippen LogP contribution in [-0.4, -0.2) is 0 Å². The maximum Gasteiger partial charge on any atom is -0.0137 e. The normalized spacial score (nSPS) is 23.8. The molecular weight excluding hydrogens is 96.1 g/mol. The molecule has 0 aromatic rings. The molecule has 0 saturated heterocycles. The molecular formula is C8H11. The van der Waals surface area contributed by atoms with E-state index in [0.29, 0.717) is 5.41 Å². The Morgan fingerprint density at radius 2 is 2.25 bits per heavy atom. The van der Waals surface area contributed by atoms with Crippen molar-refractivity contribution in [3.05, 3.63) is 24.3 Å². The molecule has 0 saturated carbocycles. The van der Waals surface area contributed by atoms with Gasteiger partial charge >= 0.3 is 0 Å². The SMILES string of the molecule is CC1(C)C=C[C]=CC1. The van der Waals surface area contributed by atoms with Gasteiger partial charge in [-0.25, -0.2) is 0 Å². The topological polar surface area (TPSA) is 0 Å². The van der Waals surface area contributed by atoms with Gasteiger partial charge in [0.25, 0.3) is 0 Å². The van der Waals surface area contributed by atoms with Crippen molar-refractivity contribution in [2.75, 3.05) is 0 Å². The van der Waals surface area contributed by atoms with Crippen LogP contribution in [0.4, 0.5) is 0 Å². The van der Waals surface area contributed by atoms with Crippen LogP contribution < -0.4 is 0 Å². The largest absolute Gasteiger partial charge is 0.0779 e. The second kappa shape index (κ2) is 1.77. The summed E-state index contributed by atoms with van der Waals surface area (Å²) in [5.74, 6) is 0. The molecule has 0 aliphatic heterocycles. The Bertz CT molecular complexity index is 127. The minimum atomic E-state index is 0.380. The van der Waals surface area contributed by atoms with Gasteiger partial charge in [0.1, 0.15) is 0 Å². The molecule has 1 aliphatic rings. The van der Waals surface area contributed by atoms with Crippen molar-refractivity contribution in [2.45, 2.75) is 20.3 Å². The summed E-state index contributed by atoms with van der Waals surface area (Å²) in [4.78, 5) is 0. The maximum absolute atomic E-state index is 3.03. The third-order valence-corrected chi connectivity index (χ3v) is 1.38. The monoisotopic (exact) mass is 107 g/mol. The van der Waals surface area contributed by atoms with E-state index in [-0.39, 0.29) is 0 Å². The van der Waals surface area contributed by atoms with E-state index < -0.39 is 0 Å². The summed E-state index contributed by atoms with van der Waals surface area (Å²) < 4.78 is 0. The van der Waals surface area contributed by atoms with E-state index >= 15 is 0 Å². The number of hydrogen-bond acceptors (Lipinski definition) is 0. The van der Waals surface area contributed by atoms with Crippen molar-refractivity contribution in [1.82, 2.24) is 0 Å². The molecule has 8 heavy (non-hydrogen) atoms. The molecule has 43 valence electrons. The molecule has 0 N–H and O–H groups in total. The van der Waals surface area contributed by atoms with Crippen molar-refractivity contribution in [3.63, 3.8) is 0 Å². The minimum Gasteiger partial charge on any atom is -0.0779 e. The minimum absolute atomic E-state index is 0.380. The van der Waals surface area contributed by atoms with Crippen LogP contribution in [0.5, 0.6) is 0 Å². The average molecular weight is 107 g/mol. The van der Waals surface area contributed by atoms with Gasteiger partial charge in [-0.05, 0) is 17.9 Å². The first-order chi connectivity index (χ1) is 3.71. The van der Waals surface area contributed by atoms with E-state index in [2.05, 4.69) is 32.1 Å². The van der Waals surface area contributed by atoms with Crippen LogP contribution >= 0.6 is 0 Å². The first-order valence-electron chi connectivity index (χ1n) is 2.96. The molecule has 1 rings (SSSR count). The molecule has 1 aliphatic carbocycles. The van der Waals surface area contributed by atoms with Gasteiger partial charge in [-0.1, -0.05) is 32.1 Å². The zero-order valence-electron chi connectivity index (χ0n) is 5.44. The molecule has 0 atom stereocenters. The molecule has 0 heterocycles. The van der Waals surface area contributed by atoms with Gasteiger partial charge in [-0.3, -0.25) is 0 Å². The van der Waals surface area contributed by atoms with Crippen molar-refractivity contribution >= 4 is 0 Å². The number of rotatable bonds is 0. The Morgan fingerprint density at radius 1 is 1.50 bits per heavy atom. The summed E-state index contributed by atoms with van der Waals surface area (Å²) in [6.45, 7) is 4.45. The Morgan fingerprint density at radius 3 is 2.50 bits per heavy atom.